The monoisotopic (exact) mass is 268 g/mol. The number of hydrogen-bond donors (Lipinski definition) is 2. The Hall–Kier alpha value is -0.120. The third-order valence-corrected chi connectivity index (χ3v) is 5.11. The number of piperidine rings is 1. The minimum Gasteiger partial charge on any atom is -0.393 e. The van der Waals surface area contributed by atoms with Crippen LogP contribution in [0.15, 0.2) is 0 Å². The largest absolute Gasteiger partial charge is 0.393 e. The molecule has 3 heteroatoms. The quantitative estimate of drug-likeness (QED) is 0.775. The van der Waals surface area contributed by atoms with Crippen LogP contribution in [0.25, 0.3) is 0 Å². The molecular weight excluding hydrogens is 236 g/mol. The molecule has 1 saturated carbocycles. The highest BCUT2D eigenvalue weighted by Gasteiger charge is 2.28. The van der Waals surface area contributed by atoms with Crippen molar-refractivity contribution in [1.82, 2.24) is 10.2 Å². The summed E-state index contributed by atoms with van der Waals surface area (Å²) >= 11 is 0. The van der Waals surface area contributed by atoms with E-state index in [0.717, 1.165) is 18.9 Å². The highest BCUT2D eigenvalue weighted by atomic mass is 16.3. The first-order chi connectivity index (χ1) is 9.20. The molecule has 0 spiro atoms. The van der Waals surface area contributed by atoms with Gasteiger partial charge < -0.3 is 15.3 Å². The molecule has 4 unspecified atom stereocenters. The molecule has 0 aromatic heterocycles. The molecule has 2 fully saturated rings. The zero-order valence-electron chi connectivity index (χ0n) is 12.8. The molecule has 1 aliphatic heterocycles. The molecule has 1 saturated heterocycles. The van der Waals surface area contributed by atoms with Gasteiger partial charge in [-0.3, -0.25) is 0 Å². The Morgan fingerprint density at radius 3 is 2.79 bits per heavy atom. The van der Waals surface area contributed by atoms with Crippen LogP contribution in [0.2, 0.25) is 0 Å². The fourth-order valence-corrected chi connectivity index (χ4v) is 3.78. The Morgan fingerprint density at radius 2 is 2.11 bits per heavy atom. The second-order valence-corrected chi connectivity index (χ2v) is 6.66. The first kappa shape index (κ1) is 15.3. The summed E-state index contributed by atoms with van der Waals surface area (Å²) in [5, 5.41) is 13.6. The zero-order chi connectivity index (χ0) is 13.7. The summed E-state index contributed by atoms with van der Waals surface area (Å²) in [6, 6.07) is 0.590. The zero-order valence-corrected chi connectivity index (χ0v) is 12.8. The van der Waals surface area contributed by atoms with Crippen LogP contribution in [-0.2, 0) is 0 Å². The van der Waals surface area contributed by atoms with Gasteiger partial charge in [-0.1, -0.05) is 13.3 Å². The summed E-state index contributed by atoms with van der Waals surface area (Å²) in [6.07, 6.45) is 7.34. The average Bonchev–Trinajstić information content (AvgIpc) is 2.82. The Balaban J connectivity index is 1.71. The van der Waals surface area contributed by atoms with Gasteiger partial charge in [0.15, 0.2) is 0 Å². The Kier molecular flexibility index (Phi) is 6.11. The van der Waals surface area contributed by atoms with E-state index in [9.17, 15) is 5.11 Å². The van der Waals surface area contributed by atoms with Crippen molar-refractivity contribution in [3.05, 3.63) is 0 Å². The summed E-state index contributed by atoms with van der Waals surface area (Å²) in [5.41, 5.74) is 0. The number of likely N-dealkylation sites (tertiary alicyclic amines) is 1. The molecule has 1 aliphatic carbocycles. The van der Waals surface area contributed by atoms with Crippen molar-refractivity contribution in [2.24, 2.45) is 11.8 Å². The van der Waals surface area contributed by atoms with E-state index in [1.165, 1.54) is 51.7 Å². The van der Waals surface area contributed by atoms with Gasteiger partial charge in [0.1, 0.15) is 0 Å². The number of aliphatic hydroxyl groups is 1. The summed E-state index contributed by atoms with van der Waals surface area (Å²) in [5.74, 6) is 1.29. The molecule has 0 aromatic carbocycles. The maximum Gasteiger partial charge on any atom is 0.0580 e. The molecule has 1 heterocycles. The van der Waals surface area contributed by atoms with Crippen molar-refractivity contribution in [3.63, 3.8) is 0 Å². The van der Waals surface area contributed by atoms with Gasteiger partial charge in [0, 0.05) is 19.1 Å². The van der Waals surface area contributed by atoms with Crippen molar-refractivity contribution in [3.8, 4) is 0 Å². The van der Waals surface area contributed by atoms with Crippen LogP contribution in [0.1, 0.15) is 52.4 Å². The maximum absolute atomic E-state index is 9.88. The smallest absolute Gasteiger partial charge is 0.0580 e. The van der Waals surface area contributed by atoms with Gasteiger partial charge in [-0.15, -0.1) is 0 Å². The predicted octanol–water partition coefficient (Wildman–Crippen LogP) is 2.25. The van der Waals surface area contributed by atoms with Gasteiger partial charge in [0.25, 0.3) is 0 Å². The number of nitrogens with zero attached hydrogens (tertiary/aromatic N) is 1. The lowest BCUT2D eigenvalue weighted by atomic mass is 9.91. The summed E-state index contributed by atoms with van der Waals surface area (Å²) in [4.78, 5) is 2.62. The van der Waals surface area contributed by atoms with Gasteiger partial charge in [0.05, 0.1) is 6.10 Å². The molecule has 0 radical (unpaired) electrons. The average molecular weight is 268 g/mol. The molecule has 0 aromatic rings. The van der Waals surface area contributed by atoms with Crippen molar-refractivity contribution >= 4 is 0 Å². The lowest BCUT2D eigenvalue weighted by Gasteiger charge is -2.36. The van der Waals surface area contributed by atoms with Crippen molar-refractivity contribution in [2.45, 2.75) is 64.5 Å². The molecule has 0 amide bonds. The molecule has 3 nitrogen and oxygen atoms in total. The molecule has 0 bridgehead atoms. The fourth-order valence-electron chi connectivity index (χ4n) is 3.78. The standard InChI is InChI=1S/C16H32N2O/c1-3-9-18-10-5-7-15(12-18)13(2)17-11-14-6-4-8-16(14)19/h13-17,19H,3-12H2,1-2H3. The highest BCUT2D eigenvalue weighted by molar-refractivity contribution is 4.83. The van der Waals surface area contributed by atoms with E-state index in [1.807, 2.05) is 0 Å². The SMILES string of the molecule is CCCN1CCCC(C(C)NCC2CCCC2O)C1. The Bertz CT molecular complexity index is 257. The van der Waals surface area contributed by atoms with Crippen molar-refractivity contribution in [2.75, 3.05) is 26.2 Å². The Labute approximate surface area is 118 Å². The van der Waals surface area contributed by atoms with Crippen LogP contribution in [0.5, 0.6) is 0 Å². The molecule has 2 rings (SSSR count). The molecule has 4 atom stereocenters. The predicted molar refractivity (Wildman–Crippen MR) is 80.3 cm³/mol. The first-order valence-corrected chi connectivity index (χ1v) is 8.34. The van der Waals surface area contributed by atoms with E-state index in [2.05, 4.69) is 24.1 Å². The second-order valence-electron chi connectivity index (χ2n) is 6.66. The van der Waals surface area contributed by atoms with Crippen LogP contribution in [0.4, 0.5) is 0 Å². The van der Waals surface area contributed by atoms with Crippen molar-refractivity contribution < 1.29 is 5.11 Å². The highest BCUT2D eigenvalue weighted by Crippen LogP contribution is 2.25. The van der Waals surface area contributed by atoms with Crippen LogP contribution >= 0.6 is 0 Å². The number of rotatable bonds is 6. The van der Waals surface area contributed by atoms with E-state index in [-0.39, 0.29) is 6.10 Å². The van der Waals surface area contributed by atoms with Gasteiger partial charge in [-0.25, -0.2) is 0 Å². The van der Waals surface area contributed by atoms with E-state index >= 15 is 0 Å². The third kappa shape index (κ3) is 4.44. The molecule has 112 valence electrons. The summed E-state index contributed by atoms with van der Waals surface area (Å²) in [6.45, 7) is 9.42. The lowest BCUT2D eigenvalue weighted by molar-refractivity contribution is 0.119. The first-order valence-electron chi connectivity index (χ1n) is 8.34. The fraction of sp³-hybridized carbons (Fsp3) is 1.00. The van der Waals surface area contributed by atoms with Gasteiger partial charge in [0.2, 0.25) is 0 Å². The van der Waals surface area contributed by atoms with E-state index in [0.29, 0.717) is 12.0 Å². The normalized spacial score (nSPS) is 34.6. The third-order valence-electron chi connectivity index (χ3n) is 5.11. The van der Waals surface area contributed by atoms with E-state index in [1.54, 1.807) is 0 Å². The summed E-state index contributed by atoms with van der Waals surface area (Å²) < 4.78 is 0. The number of nitrogens with one attached hydrogen (secondary N) is 1. The van der Waals surface area contributed by atoms with E-state index < -0.39 is 0 Å². The van der Waals surface area contributed by atoms with Gasteiger partial charge in [-0.2, -0.15) is 0 Å². The summed E-state index contributed by atoms with van der Waals surface area (Å²) in [7, 11) is 0. The Morgan fingerprint density at radius 1 is 1.26 bits per heavy atom. The maximum atomic E-state index is 9.88. The molecule has 2 N–H and O–H groups in total. The van der Waals surface area contributed by atoms with Crippen LogP contribution in [0.3, 0.4) is 0 Å². The van der Waals surface area contributed by atoms with Crippen LogP contribution in [-0.4, -0.2) is 48.3 Å². The lowest BCUT2D eigenvalue weighted by Crippen LogP contribution is -2.46. The van der Waals surface area contributed by atoms with Crippen molar-refractivity contribution in [1.29, 1.82) is 0 Å². The van der Waals surface area contributed by atoms with E-state index in [4.69, 9.17) is 0 Å². The van der Waals surface area contributed by atoms with Gasteiger partial charge >= 0.3 is 0 Å². The molecule has 19 heavy (non-hydrogen) atoms. The topological polar surface area (TPSA) is 35.5 Å². The second kappa shape index (κ2) is 7.61. The van der Waals surface area contributed by atoms with Crippen LogP contribution in [0, 0.1) is 11.8 Å². The van der Waals surface area contributed by atoms with Gasteiger partial charge in [-0.05, 0) is 64.0 Å². The molecular formula is C16H32N2O. The van der Waals surface area contributed by atoms with Crippen LogP contribution < -0.4 is 5.32 Å². The minimum atomic E-state index is -0.0531. The number of aliphatic hydroxyl groups excluding tert-OH is 1. The minimum absolute atomic E-state index is 0.0531. The molecule has 2 aliphatic rings. The number of hydrogen-bond acceptors (Lipinski definition) is 3.